The highest BCUT2D eigenvalue weighted by atomic mass is 35.5. The monoisotopic (exact) mass is 326 g/mol. The van der Waals surface area contributed by atoms with Gasteiger partial charge in [0.15, 0.2) is 0 Å². The van der Waals surface area contributed by atoms with E-state index in [1.165, 1.54) is 4.31 Å². The minimum atomic E-state index is -3.25. The van der Waals surface area contributed by atoms with E-state index in [1.807, 2.05) is 0 Å². The van der Waals surface area contributed by atoms with Gasteiger partial charge >= 0.3 is 6.09 Å². The van der Waals surface area contributed by atoms with Crippen LogP contribution in [0.5, 0.6) is 0 Å². The fraction of sp³-hybridized carbons (Fsp3) is 0.917. The third-order valence-electron chi connectivity index (χ3n) is 3.16. The molecule has 118 valence electrons. The van der Waals surface area contributed by atoms with Gasteiger partial charge in [-0.3, -0.25) is 0 Å². The summed E-state index contributed by atoms with van der Waals surface area (Å²) in [4.78, 5) is 11.4. The van der Waals surface area contributed by atoms with Crippen LogP contribution in [-0.4, -0.2) is 56.2 Å². The molecule has 0 bridgehead atoms. The molecule has 1 saturated heterocycles. The lowest BCUT2D eigenvalue weighted by Crippen LogP contribution is -2.50. The van der Waals surface area contributed by atoms with Gasteiger partial charge in [0.1, 0.15) is 0 Å². The van der Waals surface area contributed by atoms with Gasteiger partial charge in [0.2, 0.25) is 10.0 Å². The number of piperidine rings is 1. The van der Waals surface area contributed by atoms with Crippen LogP contribution in [0.3, 0.4) is 0 Å². The molecule has 8 heteroatoms. The Morgan fingerprint density at radius 2 is 2.20 bits per heavy atom. The highest BCUT2D eigenvalue weighted by molar-refractivity contribution is 7.89. The van der Waals surface area contributed by atoms with Crippen molar-refractivity contribution >= 4 is 27.7 Å². The van der Waals surface area contributed by atoms with Crippen molar-refractivity contribution in [2.45, 2.75) is 38.6 Å². The highest BCUT2D eigenvalue weighted by Crippen LogP contribution is 2.15. The Morgan fingerprint density at radius 3 is 2.85 bits per heavy atom. The topological polar surface area (TPSA) is 75.7 Å². The number of halogens is 1. The zero-order valence-corrected chi connectivity index (χ0v) is 13.4. The smallest absolute Gasteiger partial charge is 0.407 e. The summed E-state index contributed by atoms with van der Waals surface area (Å²) in [7, 11) is -3.25. The van der Waals surface area contributed by atoms with Crippen LogP contribution in [0.25, 0.3) is 0 Å². The zero-order valence-electron chi connectivity index (χ0n) is 11.8. The number of hydrogen-bond acceptors (Lipinski definition) is 4. The van der Waals surface area contributed by atoms with Crippen LogP contribution in [0.1, 0.15) is 32.6 Å². The van der Waals surface area contributed by atoms with E-state index in [-0.39, 0.29) is 11.8 Å². The third kappa shape index (κ3) is 5.85. The molecule has 1 fully saturated rings. The van der Waals surface area contributed by atoms with Crippen molar-refractivity contribution in [3.63, 3.8) is 0 Å². The first-order chi connectivity index (χ1) is 9.49. The number of hydrogen-bond donors (Lipinski definition) is 1. The van der Waals surface area contributed by atoms with Crippen LogP contribution < -0.4 is 5.32 Å². The quantitative estimate of drug-likeness (QED) is 0.569. The van der Waals surface area contributed by atoms with Crippen LogP contribution in [0.15, 0.2) is 0 Å². The lowest BCUT2D eigenvalue weighted by molar-refractivity contribution is 0.142. The Bertz CT molecular complexity index is 402. The SMILES string of the molecule is CCOC(=O)NC1CCCN(S(=O)(=O)CCCCCl)C1. The van der Waals surface area contributed by atoms with Crippen molar-refractivity contribution in [3.8, 4) is 0 Å². The van der Waals surface area contributed by atoms with Crippen molar-refractivity contribution in [2.75, 3.05) is 31.3 Å². The van der Waals surface area contributed by atoms with E-state index in [0.29, 0.717) is 38.4 Å². The molecule has 0 aromatic carbocycles. The average Bonchev–Trinajstić information content (AvgIpc) is 2.39. The van der Waals surface area contributed by atoms with Gasteiger partial charge < -0.3 is 10.1 Å². The van der Waals surface area contributed by atoms with Crippen LogP contribution >= 0.6 is 11.6 Å². The normalized spacial score (nSPS) is 20.6. The molecule has 1 amide bonds. The van der Waals surface area contributed by atoms with E-state index in [0.717, 1.165) is 12.8 Å². The number of rotatable bonds is 7. The van der Waals surface area contributed by atoms with Crippen molar-refractivity contribution < 1.29 is 17.9 Å². The number of amides is 1. The predicted molar refractivity (Wildman–Crippen MR) is 78.5 cm³/mol. The fourth-order valence-corrected chi connectivity index (χ4v) is 3.99. The minimum Gasteiger partial charge on any atom is -0.450 e. The first kappa shape index (κ1) is 17.5. The van der Waals surface area contributed by atoms with Gasteiger partial charge in [-0.2, -0.15) is 4.31 Å². The zero-order chi connectivity index (χ0) is 15.0. The lowest BCUT2D eigenvalue weighted by atomic mass is 10.1. The van der Waals surface area contributed by atoms with Gasteiger partial charge in [-0.1, -0.05) is 0 Å². The summed E-state index contributed by atoms with van der Waals surface area (Å²) in [5.41, 5.74) is 0. The number of sulfonamides is 1. The summed E-state index contributed by atoms with van der Waals surface area (Å²) < 4.78 is 30.6. The Balaban J connectivity index is 2.49. The van der Waals surface area contributed by atoms with Crippen LogP contribution in [0.4, 0.5) is 4.79 Å². The van der Waals surface area contributed by atoms with E-state index >= 15 is 0 Å². The average molecular weight is 327 g/mol. The van der Waals surface area contributed by atoms with Crippen LogP contribution in [0.2, 0.25) is 0 Å². The number of nitrogens with one attached hydrogen (secondary N) is 1. The van der Waals surface area contributed by atoms with Gasteiger partial charge in [-0.05, 0) is 32.6 Å². The molecule has 1 N–H and O–H groups in total. The van der Waals surface area contributed by atoms with Gasteiger partial charge in [0.05, 0.1) is 12.4 Å². The molecule has 0 saturated carbocycles. The lowest BCUT2D eigenvalue weighted by Gasteiger charge is -2.32. The number of carbonyl (C=O) groups excluding carboxylic acids is 1. The number of nitrogens with zero attached hydrogens (tertiary/aromatic N) is 1. The van der Waals surface area contributed by atoms with Crippen molar-refractivity contribution in [1.29, 1.82) is 0 Å². The number of unbranched alkanes of at least 4 members (excludes halogenated alkanes) is 1. The summed E-state index contributed by atoms with van der Waals surface area (Å²) in [6.07, 6.45) is 2.29. The number of carbonyl (C=O) groups is 1. The second-order valence-corrected chi connectivity index (χ2v) is 7.24. The Labute approximate surface area is 125 Å². The maximum Gasteiger partial charge on any atom is 0.407 e. The molecule has 1 atom stereocenters. The standard InChI is InChI=1S/C12H23ClN2O4S/c1-2-19-12(16)14-11-6-5-8-15(10-11)20(17,18)9-4-3-7-13/h11H,2-10H2,1H3,(H,14,16). The number of alkyl halides is 1. The maximum atomic E-state index is 12.2. The van der Waals surface area contributed by atoms with E-state index in [4.69, 9.17) is 16.3 Å². The summed E-state index contributed by atoms with van der Waals surface area (Å²) in [5, 5.41) is 2.70. The van der Waals surface area contributed by atoms with Crippen LogP contribution in [-0.2, 0) is 14.8 Å². The van der Waals surface area contributed by atoms with Crippen molar-refractivity contribution in [1.82, 2.24) is 9.62 Å². The fourth-order valence-electron chi connectivity index (χ4n) is 2.16. The van der Waals surface area contributed by atoms with E-state index in [1.54, 1.807) is 6.92 Å². The molecule has 0 aromatic rings. The summed E-state index contributed by atoms with van der Waals surface area (Å²) in [5.74, 6) is 0.592. The summed E-state index contributed by atoms with van der Waals surface area (Å²) >= 11 is 5.56. The van der Waals surface area contributed by atoms with E-state index in [9.17, 15) is 13.2 Å². The van der Waals surface area contributed by atoms with Gasteiger partial charge in [0, 0.05) is 25.0 Å². The molecule has 6 nitrogen and oxygen atoms in total. The van der Waals surface area contributed by atoms with E-state index < -0.39 is 16.1 Å². The molecule has 1 heterocycles. The van der Waals surface area contributed by atoms with Gasteiger partial charge in [-0.25, -0.2) is 13.2 Å². The molecule has 1 aliphatic heterocycles. The molecular formula is C12H23ClN2O4S. The summed E-state index contributed by atoms with van der Waals surface area (Å²) in [6, 6.07) is -0.175. The number of ether oxygens (including phenoxy) is 1. The summed E-state index contributed by atoms with van der Waals surface area (Å²) in [6.45, 7) is 2.87. The molecule has 1 unspecified atom stereocenters. The predicted octanol–water partition coefficient (Wildman–Crippen LogP) is 1.55. The maximum absolute atomic E-state index is 12.2. The second kappa shape index (κ2) is 8.69. The molecule has 1 aliphatic rings. The van der Waals surface area contributed by atoms with Crippen molar-refractivity contribution in [2.24, 2.45) is 0 Å². The number of alkyl carbamates (subject to hydrolysis) is 1. The highest BCUT2D eigenvalue weighted by Gasteiger charge is 2.29. The molecule has 0 radical (unpaired) electrons. The third-order valence-corrected chi connectivity index (χ3v) is 5.35. The first-order valence-corrected chi connectivity index (χ1v) is 9.11. The molecular weight excluding hydrogens is 304 g/mol. The van der Waals surface area contributed by atoms with Crippen LogP contribution in [0, 0.1) is 0 Å². The van der Waals surface area contributed by atoms with Gasteiger partial charge in [-0.15, -0.1) is 11.6 Å². The molecule has 20 heavy (non-hydrogen) atoms. The molecule has 0 aromatic heterocycles. The largest absolute Gasteiger partial charge is 0.450 e. The first-order valence-electron chi connectivity index (χ1n) is 6.96. The van der Waals surface area contributed by atoms with E-state index in [2.05, 4.69) is 5.32 Å². The molecule has 0 aliphatic carbocycles. The minimum absolute atomic E-state index is 0.117. The Morgan fingerprint density at radius 1 is 1.45 bits per heavy atom. The molecule has 0 spiro atoms. The Hall–Kier alpha value is -0.530. The van der Waals surface area contributed by atoms with Crippen molar-refractivity contribution in [3.05, 3.63) is 0 Å². The molecule has 1 rings (SSSR count). The second-order valence-electron chi connectivity index (χ2n) is 4.77. The Kier molecular flexibility index (Phi) is 7.61. The van der Waals surface area contributed by atoms with Gasteiger partial charge in [0.25, 0.3) is 0 Å².